The Kier molecular flexibility index (Phi) is 13.0. The van der Waals surface area contributed by atoms with Gasteiger partial charge < -0.3 is 56.8 Å². The van der Waals surface area contributed by atoms with Crippen LogP contribution < -0.4 is 0 Å². The van der Waals surface area contributed by atoms with Crippen LogP contribution in [-0.2, 0) is 70.1 Å². The topological polar surface area (TPSA) is 111 Å². The van der Waals surface area contributed by atoms with E-state index in [0.29, 0.717) is 52.1 Å². The van der Waals surface area contributed by atoms with E-state index in [9.17, 15) is 0 Å². The van der Waals surface area contributed by atoms with Gasteiger partial charge in [0.2, 0.25) is 0 Å². The fourth-order valence-electron chi connectivity index (χ4n) is 13.6. The van der Waals surface area contributed by atoms with E-state index in [-0.39, 0.29) is 85.5 Å². The molecule has 8 saturated heterocycles. The lowest BCUT2D eigenvalue weighted by Gasteiger charge is -2.62. The first-order valence-corrected chi connectivity index (χ1v) is 26.1. The summed E-state index contributed by atoms with van der Waals surface area (Å²) in [7, 11) is 0. The normalized spacial score (nSPS) is 45.6. The molecule has 372 valence electrons. The zero-order valence-electron chi connectivity index (χ0n) is 40.8. The Morgan fingerprint density at radius 2 is 1.28 bits per heavy atom. The third-order valence-corrected chi connectivity index (χ3v) is 17.2. The van der Waals surface area contributed by atoms with Crippen molar-refractivity contribution in [1.82, 2.24) is 0 Å². The van der Waals surface area contributed by atoms with Gasteiger partial charge in [0, 0.05) is 50.7 Å². The molecule has 3 aromatic rings. The second kappa shape index (κ2) is 19.1. The van der Waals surface area contributed by atoms with Gasteiger partial charge in [0.05, 0.1) is 104 Å². The minimum atomic E-state index is -0.678. The van der Waals surface area contributed by atoms with Crippen LogP contribution in [0.15, 0.2) is 103 Å². The number of fused-ring (bicyclic) bond motifs is 8. The van der Waals surface area contributed by atoms with E-state index in [1.807, 2.05) is 30.3 Å². The standard InChI is InChI=1S/C57H72O12/c1-54-31-46-43(64-50(54)30-52-57(4,69-54)51(59-33-37-17-10-6-11-18-37)27-39(61-52)21-14-26-58-32-36-15-8-5-9-16-36)28-45-40(62-46)24-25-48-55(2,68-45)35-56(3)49(66-48)29-44-42(67-56)23-22-41-47(63-44)34-60-53(65-41)38-19-12-7-13-20-38/h5-13,15-20,24-25,39-53H,14,21-23,26-35H2,1-4H3/t39-,40+,41-,42+,43+,44-,45-,46-,47+,48-,49+,50-,51-,52+,53+,54+,55+,56-,57-/m0/s1. The molecule has 8 fully saturated rings. The molecule has 12 nitrogen and oxygen atoms in total. The number of rotatable bonds is 10. The van der Waals surface area contributed by atoms with Crippen LogP contribution in [0.2, 0.25) is 0 Å². The Balaban J connectivity index is 0.707. The lowest BCUT2D eigenvalue weighted by atomic mass is 9.72. The molecule has 9 heterocycles. The molecule has 0 bridgehead atoms. The predicted octanol–water partition coefficient (Wildman–Crippen LogP) is 9.06. The molecule has 12 rings (SSSR count). The molecular formula is C57H72O12. The molecule has 0 unspecified atom stereocenters. The van der Waals surface area contributed by atoms with Gasteiger partial charge in [0.1, 0.15) is 23.9 Å². The maximum Gasteiger partial charge on any atom is 0.184 e. The highest BCUT2D eigenvalue weighted by molar-refractivity contribution is 5.20. The van der Waals surface area contributed by atoms with E-state index in [1.54, 1.807) is 0 Å². The molecular weight excluding hydrogens is 877 g/mol. The summed E-state index contributed by atoms with van der Waals surface area (Å²) < 4.78 is 82.6. The maximum atomic E-state index is 7.39. The molecule has 19 atom stereocenters. The van der Waals surface area contributed by atoms with Gasteiger partial charge in [0.25, 0.3) is 0 Å². The maximum absolute atomic E-state index is 7.39. The molecule has 3 aromatic carbocycles. The smallest absolute Gasteiger partial charge is 0.184 e. The van der Waals surface area contributed by atoms with Gasteiger partial charge >= 0.3 is 0 Å². The summed E-state index contributed by atoms with van der Waals surface area (Å²) in [4.78, 5) is 0. The molecule has 0 aliphatic carbocycles. The van der Waals surface area contributed by atoms with Crippen molar-refractivity contribution in [1.29, 1.82) is 0 Å². The van der Waals surface area contributed by atoms with E-state index in [4.69, 9.17) is 56.8 Å². The number of hydrogen-bond acceptors (Lipinski definition) is 12. The third kappa shape index (κ3) is 9.34. The molecule has 0 N–H and O–H groups in total. The van der Waals surface area contributed by atoms with E-state index in [1.165, 1.54) is 5.56 Å². The quantitative estimate of drug-likeness (QED) is 0.143. The summed E-state index contributed by atoms with van der Waals surface area (Å²) in [6.07, 6.45) is 9.53. The average molecular weight is 949 g/mol. The molecule has 0 aromatic heterocycles. The average Bonchev–Trinajstić information content (AvgIpc) is 3.60. The van der Waals surface area contributed by atoms with Crippen LogP contribution in [0.3, 0.4) is 0 Å². The predicted molar refractivity (Wildman–Crippen MR) is 254 cm³/mol. The highest BCUT2D eigenvalue weighted by Gasteiger charge is 2.64. The van der Waals surface area contributed by atoms with E-state index >= 15 is 0 Å². The fourth-order valence-corrected chi connectivity index (χ4v) is 13.6. The Hall–Kier alpha value is -3.08. The van der Waals surface area contributed by atoms with Crippen LogP contribution in [0.5, 0.6) is 0 Å². The molecule has 69 heavy (non-hydrogen) atoms. The van der Waals surface area contributed by atoms with Gasteiger partial charge in [0.15, 0.2) is 6.29 Å². The molecule has 0 amide bonds. The summed E-state index contributed by atoms with van der Waals surface area (Å²) in [5, 5.41) is 0. The summed E-state index contributed by atoms with van der Waals surface area (Å²) in [5.74, 6) is 0. The summed E-state index contributed by atoms with van der Waals surface area (Å²) in [6, 6.07) is 30.9. The van der Waals surface area contributed by atoms with Crippen LogP contribution >= 0.6 is 0 Å². The van der Waals surface area contributed by atoms with Gasteiger partial charge in [-0.05, 0) is 64.5 Å². The van der Waals surface area contributed by atoms with Crippen molar-refractivity contribution < 1.29 is 56.8 Å². The van der Waals surface area contributed by atoms with Gasteiger partial charge in [-0.15, -0.1) is 0 Å². The first kappa shape index (κ1) is 47.0. The minimum Gasteiger partial charge on any atom is -0.377 e. The summed E-state index contributed by atoms with van der Waals surface area (Å²) in [5.41, 5.74) is 0.866. The second-order valence-electron chi connectivity index (χ2n) is 22.3. The first-order chi connectivity index (χ1) is 33.5. The lowest BCUT2D eigenvalue weighted by molar-refractivity contribution is -0.372. The van der Waals surface area contributed by atoms with E-state index in [0.717, 1.165) is 49.7 Å². The van der Waals surface area contributed by atoms with Gasteiger partial charge in [-0.25, -0.2) is 0 Å². The molecule has 0 radical (unpaired) electrons. The van der Waals surface area contributed by atoms with Crippen molar-refractivity contribution >= 4 is 0 Å². The Morgan fingerprint density at radius 3 is 2.07 bits per heavy atom. The van der Waals surface area contributed by atoms with E-state index in [2.05, 4.69) is 101 Å². The number of benzene rings is 3. The van der Waals surface area contributed by atoms with Crippen LogP contribution in [0.1, 0.15) is 115 Å². The number of ether oxygens (including phenoxy) is 12. The van der Waals surface area contributed by atoms with Gasteiger partial charge in [-0.2, -0.15) is 0 Å². The van der Waals surface area contributed by atoms with Crippen LogP contribution in [0.4, 0.5) is 0 Å². The zero-order chi connectivity index (χ0) is 46.8. The van der Waals surface area contributed by atoms with Crippen molar-refractivity contribution in [3.8, 4) is 0 Å². The van der Waals surface area contributed by atoms with Crippen molar-refractivity contribution in [3.63, 3.8) is 0 Å². The van der Waals surface area contributed by atoms with Crippen molar-refractivity contribution in [2.45, 2.75) is 219 Å². The monoisotopic (exact) mass is 949 g/mol. The highest BCUT2D eigenvalue weighted by atomic mass is 16.7. The summed E-state index contributed by atoms with van der Waals surface area (Å²) in [6.45, 7) is 11.1. The van der Waals surface area contributed by atoms with Gasteiger partial charge in [-0.3, -0.25) is 0 Å². The van der Waals surface area contributed by atoms with Crippen molar-refractivity contribution in [2.24, 2.45) is 0 Å². The SMILES string of the molecule is C[C@@]12O[C@]3(C)C[C@@H]4O[C@@H]5C=C[C@@H]6O[C@@H]7C[C@@H]8O[C@@H]9CO[C@@H](c%10ccccc%10)O[C@H]9CC[C@H]8O[C@@]7(C)C[C@@]6(C)O[C@H]5C[C@H]4O[C@H]3C[C@H]1O[C@@H](CCCOCc1ccccc1)C[C@@H]2OCc1ccccc1. The molecule has 0 spiro atoms. The molecule has 9 aliphatic heterocycles. The highest BCUT2D eigenvalue weighted by Crippen LogP contribution is 2.54. The van der Waals surface area contributed by atoms with Crippen LogP contribution in [-0.4, -0.2) is 121 Å². The molecule has 9 aliphatic rings. The van der Waals surface area contributed by atoms with Crippen molar-refractivity contribution in [3.05, 3.63) is 120 Å². The van der Waals surface area contributed by atoms with E-state index < -0.39 is 28.7 Å². The second-order valence-corrected chi connectivity index (χ2v) is 22.3. The molecule has 0 saturated carbocycles. The Bertz CT molecular complexity index is 2230. The Labute approximate surface area is 407 Å². The zero-order valence-corrected chi connectivity index (χ0v) is 40.8. The first-order valence-electron chi connectivity index (χ1n) is 26.1. The largest absolute Gasteiger partial charge is 0.377 e. The van der Waals surface area contributed by atoms with Crippen molar-refractivity contribution in [2.75, 3.05) is 13.2 Å². The molecule has 12 heteroatoms. The lowest BCUT2D eigenvalue weighted by Crippen LogP contribution is -2.72. The third-order valence-electron chi connectivity index (χ3n) is 17.2. The Morgan fingerprint density at radius 1 is 0.565 bits per heavy atom. The van der Waals surface area contributed by atoms with Crippen LogP contribution in [0, 0.1) is 0 Å². The van der Waals surface area contributed by atoms with Crippen LogP contribution in [0.25, 0.3) is 0 Å². The number of hydrogen-bond donors (Lipinski definition) is 0. The minimum absolute atomic E-state index is 0.0147. The van der Waals surface area contributed by atoms with Gasteiger partial charge in [-0.1, -0.05) is 103 Å². The summed E-state index contributed by atoms with van der Waals surface area (Å²) >= 11 is 0. The fraction of sp³-hybridized carbons (Fsp3) is 0.649.